The number of esters is 2. The Kier molecular flexibility index (Phi) is 6.24. The van der Waals surface area contributed by atoms with Gasteiger partial charge in [0.1, 0.15) is 23.0 Å². The number of para-hydroxylation sites is 1. The molecule has 2 aliphatic rings. The second kappa shape index (κ2) is 9.16. The van der Waals surface area contributed by atoms with Crippen molar-refractivity contribution in [2.24, 2.45) is 5.73 Å². The smallest absolute Gasteiger partial charge is 0.355 e. The van der Waals surface area contributed by atoms with Gasteiger partial charge in [0.2, 0.25) is 5.91 Å². The summed E-state index contributed by atoms with van der Waals surface area (Å²) in [4.78, 5) is 41.9. The maximum Gasteiger partial charge on any atom is 0.355 e. The van der Waals surface area contributed by atoms with Crippen LogP contribution in [0.1, 0.15) is 19.4 Å². The highest BCUT2D eigenvalue weighted by Gasteiger charge is 2.61. The lowest BCUT2D eigenvalue weighted by molar-refractivity contribution is -0.143. The third-order valence-electron chi connectivity index (χ3n) is 5.77. The van der Waals surface area contributed by atoms with Crippen LogP contribution in [-0.4, -0.2) is 31.1 Å². The topological polar surface area (TPSA) is 135 Å². The van der Waals surface area contributed by atoms with Gasteiger partial charge in [-0.15, -0.1) is 0 Å². The molecule has 0 bridgehead atoms. The van der Waals surface area contributed by atoms with E-state index in [0.29, 0.717) is 22.0 Å². The number of hydrogen-bond donors (Lipinski definition) is 2. The summed E-state index contributed by atoms with van der Waals surface area (Å²) in [5.74, 6) is -2.79. The lowest BCUT2D eigenvalue weighted by atomic mass is 9.67. The highest BCUT2D eigenvalue weighted by atomic mass is 35.5. The van der Waals surface area contributed by atoms with Crippen molar-refractivity contribution in [1.29, 1.82) is 5.26 Å². The number of ether oxygens (including phenoxy) is 2. The number of benzene rings is 2. The zero-order valence-electron chi connectivity index (χ0n) is 18.9. The number of nitriles is 1. The molecule has 2 aromatic rings. The molecule has 1 amide bonds. The van der Waals surface area contributed by atoms with Crippen molar-refractivity contribution in [3.8, 4) is 6.07 Å². The second-order valence-electron chi connectivity index (χ2n) is 7.60. The average Bonchev–Trinajstić information content (AvgIpc) is 3.12. The minimum Gasteiger partial charge on any atom is -0.463 e. The van der Waals surface area contributed by atoms with Crippen molar-refractivity contribution in [2.75, 3.05) is 23.4 Å². The number of nitrogens with one attached hydrogen (secondary N) is 1. The van der Waals surface area contributed by atoms with E-state index in [1.807, 2.05) is 6.07 Å². The second-order valence-corrected chi connectivity index (χ2v) is 8.03. The molecule has 0 unspecified atom stereocenters. The summed E-state index contributed by atoms with van der Waals surface area (Å²) in [7, 11) is 0. The Morgan fingerprint density at radius 2 is 1.71 bits per heavy atom. The van der Waals surface area contributed by atoms with Crippen molar-refractivity contribution >= 4 is 40.8 Å². The van der Waals surface area contributed by atoms with E-state index in [1.165, 1.54) is 4.90 Å². The van der Waals surface area contributed by atoms with Crippen LogP contribution in [0.4, 0.5) is 11.4 Å². The molecule has 4 rings (SSSR count). The third-order valence-corrected chi connectivity index (χ3v) is 6.02. The van der Waals surface area contributed by atoms with Crippen molar-refractivity contribution in [2.45, 2.75) is 19.3 Å². The predicted octanol–water partition coefficient (Wildman–Crippen LogP) is 3.12. The van der Waals surface area contributed by atoms with Gasteiger partial charge in [0, 0.05) is 22.0 Å². The van der Waals surface area contributed by atoms with Gasteiger partial charge in [-0.3, -0.25) is 9.69 Å². The number of nitrogens with zero attached hydrogens (tertiary/aromatic N) is 2. The van der Waals surface area contributed by atoms with Crippen LogP contribution < -0.4 is 16.0 Å². The van der Waals surface area contributed by atoms with Crippen LogP contribution in [0, 0.1) is 11.3 Å². The van der Waals surface area contributed by atoms with Gasteiger partial charge in [-0.05, 0) is 44.2 Å². The summed E-state index contributed by atoms with van der Waals surface area (Å²) < 4.78 is 10.6. The van der Waals surface area contributed by atoms with Crippen molar-refractivity contribution in [1.82, 2.24) is 0 Å². The summed E-state index contributed by atoms with van der Waals surface area (Å²) in [5, 5.41) is 13.4. The number of rotatable bonds is 5. The molecule has 0 saturated carbocycles. The Morgan fingerprint density at radius 3 is 2.34 bits per heavy atom. The van der Waals surface area contributed by atoms with Crippen LogP contribution in [0.2, 0.25) is 5.02 Å². The summed E-state index contributed by atoms with van der Waals surface area (Å²) in [6.07, 6.45) is 0. The van der Waals surface area contributed by atoms with Gasteiger partial charge in [-0.2, -0.15) is 5.26 Å². The highest BCUT2D eigenvalue weighted by molar-refractivity contribution is 6.30. The Morgan fingerprint density at radius 1 is 1.09 bits per heavy atom. The number of fused-ring (bicyclic) bond motifs is 2. The van der Waals surface area contributed by atoms with E-state index >= 15 is 0 Å². The van der Waals surface area contributed by atoms with Crippen molar-refractivity contribution in [3.63, 3.8) is 0 Å². The maximum absolute atomic E-state index is 13.7. The molecule has 1 spiro atoms. The van der Waals surface area contributed by atoms with E-state index in [4.69, 9.17) is 26.8 Å². The SMILES string of the molecule is CCOC(=O)C1=C(C(=O)OCC)[C@]2(C(=O)Nc3ccccc32)C(C#N)=C(N)N1c1ccc(Cl)cc1. The number of anilines is 2. The number of hydrogen-bond acceptors (Lipinski definition) is 8. The molecule has 35 heavy (non-hydrogen) atoms. The molecule has 0 aliphatic carbocycles. The van der Waals surface area contributed by atoms with Gasteiger partial charge >= 0.3 is 11.9 Å². The Bertz CT molecular complexity index is 1340. The number of halogens is 1. The predicted molar refractivity (Wildman–Crippen MR) is 128 cm³/mol. The molecule has 0 saturated heterocycles. The fourth-order valence-corrected chi connectivity index (χ4v) is 4.56. The van der Waals surface area contributed by atoms with Gasteiger partial charge in [-0.1, -0.05) is 29.8 Å². The van der Waals surface area contributed by atoms with E-state index < -0.39 is 23.3 Å². The number of carbonyl (C=O) groups is 3. The zero-order chi connectivity index (χ0) is 25.3. The fraction of sp³-hybridized carbons (Fsp3) is 0.200. The van der Waals surface area contributed by atoms with Crippen LogP contribution >= 0.6 is 11.6 Å². The molecular formula is C25H21ClN4O5. The molecular weight excluding hydrogens is 472 g/mol. The van der Waals surface area contributed by atoms with E-state index in [-0.39, 0.29) is 35.9 Å². The molecule has 178 valence electrons. The van der Waals surface area contributed by atoms with Gasteiger partial charge in [0.25, 0.3) is 0 Å². The summed E-state index contributed by atoms with van der Waals surface area (Å²) in [6.45, 7) is 3.13. The molecule has 0 fully saturated rings. The lowest BCUT2D eigenvalue weighted by Crippen LogP contribution is -2.51. The van der Waals surface area contributed by atoms with Crippen molar-refractivity contribution < 1.29 is 23.9 Å². The van der Waals surface area contributed by atoms with Crippen molar-refractivity contribution in [3.05, 3.63) is 81.8 Å². The first-order valence-corrected chi connectivity index (χ1v) is 11.2. The Balaban J connectivity index is 2.18. The quantitative estimate of drug-likeness (QED) is 0.608. The summed E-state index contributed by atoms with van der Waals surface area (Å²) in [6, 6.07) is 14.8. The largest absolute Gasteiger partial charge is 0.463 e. The monoisotopic (exact) mass is 492 g/mol. The van der Waals surface area contributed by atoms with Crippen LogP contribution in [0.15, 0.2) is 71.2 Å². The number of nitrogens with two attached hydrogens (primary N) is 1. The molecule has 1 atom stereocenters. The first-order chi connectivity index (χ1) is 16.8. The number of carbonyl (C=O) groups excluding carboxylic acids is 3. The molecule has 2 aromatic carbocycles. The Labute approximate surface area is 206 Å². The lowest BCUT2D eigenvalue weighted by Gasteiger charge is -2.40. The van der Waals surface area contributed by atoms with Crippen LogP contribution in [-0.2, 0) is 29.3 Å². The molecule has 3 N–H and O–H groups in total. The van der Waals surface area contributed by atoms with E-state index in [9.17, 15) is 19.6 Å². The fourth-order valence-electron chi connectivity index (χ4n) is 4.44. The molecule has 10 heteroatoms. The molecule has 0 radical (unpaired) electrons. The van der Waals surface area contributed by atoms with Gasteiger partial charge < -0.3 is 20.5 Å². The highest BCUT2D eigenvalue weighted by Crippen LogP contribution is 2.53. The van der Waals surface area contributed by atoms with Crippen LogP contribution in [0.25, 0.3) is 0 Å². The average molecular weight is 493 g/mol. The van der Waals surface area contributed by atoms with E-state index in [1.54, 1.807) is 62.4 Å². The van der Waals surface area contributed by atoms with E-state index in [0.717, 1.165) is 0 Å². The van der Waals surface area contributed by atoms with Gasteiger partial charge in [-0.25, -0.2) is 9.59 Å². The molecule has 2 aliphatic heterocycles. The standard InChI is InChI=1S/C25H21ClN4O5/c1-3-34-22(31)19-20(23(32)35-4-2)30(15-11-9-14(26)10-12-15)21(28)17(13-27)25(19)16-7-5-6-8-18(16)29-24(25)33/h5-12H,3-4,28H2,1-2H3,(H,29,33)/t25-/m1/s1. The van der Waals surface area contributed by atoms with Crippen LogP contribution in [0.3, 0.4) is 0 Å². The Hall–Kier alpha value is -4.29. The first kappa shape index (κ1) is 23.9. The molecule has 2 heterocycles. The van der Waals surface area contributed by atoms with E-state index in [2.05, 4.69) is 5.32 Å². The third kappa shape index (κ3) is 3.50. The number of amides is 1. The normalized spacial score (nSPS) is 18.8. The zero-order valence-corrected chi connectivity index (χ0v) is 19.7. The molecule has 9 nitrogen and oxygen atoms in total. The minimum absolute atomic E-state index is 0.0165. The summed E-state index contributed by atoms with van der Waals surface area (Å²) >= 11 is 6.04. The first-order valence-electron chi connectivity index (χ1n) is 10.8. The van der Waals surface area contributed by atoms with Crippen LogP contribution in [0.5, 0.6) is 0 Å². The summed E-state index contributed by atoms with van der Waals surface area (Å²) in [5.41, 5.74) is 4.58. The van der Waals surface area contributed by atoms with Gasteiger partial charge in [0.05, 0.1) is 24.4 Å². The van der Waals surface area contributed by atoms with Gasteiger partial charge in [0.15, 0.2) is 0 Å². The molecule has 0 aromatic heterocycles. The minimum atomic E-state index is -2.02. The maximum atomic E-state index is 13.7.